The fourth-order valence-corrected chi connectivity index (χ4v) is 2.33. The second-order valence-corrected chi connectivity index (χ2v) is 4.87. The molecular formula is C14H16ClN3O. The topological polar surface area (TPSA) is 46.9 Å². The van der Waals surface area contributed by atoms with E-state index in [0.717, 1.165) is 12.8 Å². The summed E-state index contributed by atoms with van der Waals surface area (Å²) in [7, 11) is 0. The Morgan fingerprint density at radius 1 is 1.58 bits per heavy atom. The van der Waals surface area contributed by atoms with Crippen LogP contribution in [0.25, 0.3) is 0 Å². The molecule has 1 aliphatic rings. The maximum atomic E-state index is 12.1. The molecule has 0 aliphatic heterocycles. The van der Waals surface area contributed by atoms with Crippen molar-refractivity contribution >= 4 is 17.3 Å². The third-order valence-corrected chi connectivity index (χ3v) is 3.41. The zero-order valence-electron chi connectivity index (χ0n) is 10.7. The first-order valence-electron chi connectivity index (χ1n) is 6.33. The molecule has 0 saturated carbocycles. The second-order valence-electron chi connectivity index (χ2n) is 4.47. The van der Waals surface area contributed by atoms with E-state index in [1.165, 1.54) is 29.3 Å². The Bertz CT molecular complexity index is 583. The van der Waals surface area contributed by atoms with E-state index in [9.17, 15) is 4.79 Å². The van der Waals surface area contributed by atoms with E-state index in [1.54, 1.807) is 0 Å². The Balaban J connectivity index is 2.04. The van der Waals surface area contributed by atoms with Gasteiger partial charge < -0.3 is 5.32 Å². The van der Waals surface area contributed by atoms with Gasteiger partial charge in [-0.2, -0.15) is 5.10 Å². The molecule has 19 heavy (non-hydrogen) atoms. The van der Waals surface area contributed by atoms with Gasteiger partial charge in [-0.1, -0.05) is 29.2 Å². The monoisotopic (exact) mass is 277 g/mol. The van der Waals surface area contributed by atoms with Gasteiger partial charge in [0.1, 0.15) is 12.2 Å². The van der Waals surface area contributed by atoms with Gasteiger partial charge in [0.15, 0.2) is 0 Å². The Morgan fingerprint density at radius 3 is 3.11 bits per heavy atom. The SMILES string of the molecule is C#CCn1ncc(Cl)c(NCCC2=CCCC2)c1=O. The molecule has 0 amide bonds. The summed E-state index contributed by atoms with van der Waals surface area (Å²) in [4.78, 5) is 12.1. The average Bonchev–Trinajstić information content (AvgIpc) is 2.90. The van der Waals surface area contributed by atoms with E-state index >= 15 is 0 Å². The zero-order valence-corrected chi connectivity index (χ0v) is 11.4. The highest BCUT2D eigenvalue weighted by molar-refractivity contribution is 6.32. The highest BCUT2D eigenvalue weighted by atomic mass is 35.5. The summed E-state index contributed by atoms with van der Waals surface area (Å²) >= 11 is 5.99. The highest BCUT2D eigenvalue weighted by Crippen LogP contribution is 2.21. The molecule has 0 aromatic carbocycles. The number of terminal acetylenes is 1. The molecule has 1 aliphatic carbocycles. The summed E-state index contributed by atoms with van der Waals surface area (Å²) in [5.41, 5.74) is 1.55. The van der Waals surface area contributed by atoms with Crippen molar-refractivity contribution in [3.8, 4) is 12.3 Å². The Kier molecular flexibility index (Phi) is 4.64. The molecule has 5 heteroatoms. The number of rotatable bonds is 5. The van der Waals surface area contributed by atoms with E-state index in [1.807, 2.05) is 0 Å². The number of halogens is 1. The number of hydrogen-bond donors (Lipinski definition) is 1. The summed E-state index contributed by atoms with van der Waals surface area (Å²) in [6.07, 6.45) is 13.4. The Hall–Kier alpha value is -1.73. The first-order valence-corrected chi connectivity index (χ1v) is 6.71. The minimum absolute atomic E-state index is 0.149. The molecule has 0 saturated heterocycles. The molecule has 0 fully saturated rings. The van der Waals surface area contributed by atoms with Crippen molar-refractivity contribution in [2.24, 2.45) is 0 Å². The van der Waals surface area contributed by atoms with Crippen LogP contribution >= 0.6 is 11.6 Å². The van der Waals surface area contributed by atoms with E-state index in [2.05, 4.69) is 22.4 Å². The van der Waals surface area contributed by atoms with Gasteiger partial charge in [-0.15, -0.1) is 6.42 Å². The molecule has 0 unspecified atom stereocenters. The van der Waals surface area contributed by atoms with E-state index < -0.39 is 0 Å². The lowest BCUT2D eigenvalue weighted by Crippen LogP contribution is -2.26. The van der Waals surface area contributed by atoms with Crippen LogP contribution in [0.5, 0.6) is 0 Å². The number of hydrogen-bond acceptors (Lipinski definition) is 3. The molecule has 0 radical (unpaired) electrons. The van der Waals surface area contributed by atoms with Crippen molar-refractivity contribution in [3.63, 3.8) is 0 Å². The number of nitrogens with zero attached hydrogens (tertiary/aromatic N) is 2. The van der Waals surface area contributed by atoms with Crippen LogP contribution in [0.1, 0.15) is 25.7 Å². The molecule has 1 N–H and O–H groups in total. The van der Waals surface area contributed by atoms with Crippen LogP contribution in [0.3, 0.4) is 0 Å². The maximum absolute atomic E-state index is 12.1. The van der Waals surface area contributed by atoms with Crippen molar-refractivity contribution in [1.29, 1.82) is 0 Å². The van der Waals surface area contributed by atoms with Gasteiger partial charge in [-0.25, -0.2) is 4.68 Å². The molecule has 0 atom stereocenters. The third-order valence-electron chi connectivity index (χ3n) is 3.12. The molecule has 4 nitrogen and oxygen atoms in total. The minimum Gasteiger partial charge on any atom is -0.379 e. The standard InChI is InChI=1S/C14H16ClN3O/c1-2-9-18-14(19)13(12(15)10-17-18)16-8-7-11-5-3-4-6-11/h1,5,10,16H,3-4,6-9H2. The molecule has 1 heterocycles. The highest BCUT2D eigenvalue weighted by Gasteiger charge is 2.10. The number of allylic oxidation sites excluding steroid dienone is 1. The summed E-state index contributed by atoms with van der Waals surface area (Å²) in [6.45, 7) is 0.844. The van der Waals surface area contributed by atoms with Crippen molar-refractivity contribution in [2.45, 2.75) is 32.2 Å². The van der Waals surface area contributed by atoms with Crippen LogP contribution in [0, 0.1) is 12.3 Å². The van der Waals surface area contributed by atoms with Gasteiger partial charge in [0, 0.05) is 6.54 Å². The average molecular weight is 278 g/mol. The molecule has 0 bridgehead atoms. The molecule has 2 rings (SSSR count). The van der Waals surface area contributed by atoms with Crippen LogP contribution in [-0.2, 0) is 6.54 Å². The number of aromatic nitrogens is 2. The lowest BCUT2D eigenvalue weighted by molar-refractivity contribution is 0.664. The minimum atomic E-state index is -0.272. The van der Waals surface area contributed by atoms with E-state index in [4.69, 9.17) is 18.0 Å². The Morgan fingerprint density at radius 2 is 2.42 bits per heavy atom. The van der Waals surface area contributed by atoms with Crippen LogP contribution in [0.15, 0.2) is 22.6 Å². The van der Waals surface area contributed by atoms with Crippen LogP contribution in [-0.4, -0.2) is 16.3 Å². The molecular weight excluding hydrogens is 262 g/mol. The van der Waals surface area contributed by atoms with Crippen molar-refractivity contribution in [3.05, 3.63) is 33.2 Å². The molecule has 1 aromatic rings. The second kappa shape index (κ2) is 6.44. The van der Waals surface area contributed by atoms with Crippen LogP contribution in [0.2, 0.25) is 5.02 Å². The lowest BCUT2D eigenvalue weighted by atomic mass is 10.2. The van der Waals surface area contributed by atoms with Gasteiger partial charge in [-0.3, -0.25) is 4.79 Å². The fourth-order valence-electron chi connectivity index (χ4n) is 2.14. The predicted molar refractivity (Wildman–Crippen MR) is 77.4 cm³/mol. The van der Waals surface area contributed by atoms with Gasteiger partial charge in [0.25, 0.3) is 5.56 Å². The number of nitrogens with one attached hydrogen (secondary N) is 1. The lowest BCUT2D eigenvalue weighted by Gasteiger charge is -2.09. The van der Waals surface area contributed by atoms with Crippen molar-refractivity contribution < 1.29 is 0 Å². The molecule has 1 aromatic heterocycles. The summed E-state index contributed by atoms with van der Waals surface area (Å²) in [5, 5.41) is 7.32. The van der Waals surface area contributed by atoms with Crippen molar-refractivity contribution in [1.82, 2.24) is 9.78 Å². The molecule has 100 valence electrons. The van der Waals surface area contributed by atoms with Crippen LogP contribution in [0.4, 0.5) is 5.69 Å². The van der Waals surface area contributed by atoms with E-state index in [-0.39, 0.29) is 12.1 Å². The smallest absolute Gasteiger partial charge is 0.292 e. The zero-order chi connectivity index (χ0) is 13.7. The maximum Gasteiger partial charge on any atom is 0.292 e. The van der Waals surface area contributed by atoms with E-state index in [0.29, 0.717) is 17.3 Å². The summed E-state index contributed by atoms with van der Waals surface area (Å²) < 4.78 is 1.23. The number of anilines is 1. The quantitative estimate of drug-likeness (QED) is 0.664. The fraction of sp³-hybridized carbons (Fsp3) is 0.429. The first-order chi connectivity index (χ1) is 9.22. The predicted octanol–water partition coefficient (Wildman–Crippen LogP) is 2.44. The summed E-state index contributed by atoms with van der Waals surface area (Å²) in [6, 6.07) is 0. The Labute approximate surface area is 117 Å². The van der Waals surface area contributed by atoms with Crippen molar-refractivity contribution in [2.75, 3.05) is 11.9 Å². The molecule has 0 spiro atoms. The third kappa shape index (κ3) is 3.39. The van der Waals surface area contributed by atoms with Gasteiger partial charge in [0.2, 0.25) is 0 Å². The van der Waals surface area contributed by atoms with Gasteiger partial charge in [-0.05, 0) is 25.7 Å². The van der Waals surface area contributed by atoms with Crippen LogP contribution < -0.4 is 10.9 Å². The van der Waals surface area contributed by atoms with Gasteiger partial charge >= 0.3 is 0 Å². The summed E-state index contributed by atoms with van der Waals surface area (Å²) in [5.74, 6) is 2.39. The van der Waals surface area contributed by atoms with Gasteiger partial charge in [0.05, 0.1) is 11.2 Å². The normalized spacial score (nSPS) is 14.0. The first kappa shape index (κ1) is 13.7. The largest absolute Gasteiger partial charge is 0.379 e.